The lowest BCUT2D eigenvalue weighted by molar-refractivity contribution is -0.122. The normalized spacial score (nSPS) is 10.4. The van der Waals surface area contributed by atoms with Crippen molar-refractivity contribution in [3.8, 4) is 0 Å². The van der Waals surface area contributed by atoms with Gasteiger partial charge in [0.25, 0.3) is 5.91 Å². The fourth-order valence-electron chi connectivity index (χ4n) is 1.99. The number of hydrogen-bond donors (Lipinski definition) is 2. The van der Waals surface area contributed by atoms with Crippen molar-refractivity contribution in [3.63, 3.8) is 0 Å². The summed E-state index contributed by atoms with van der Waals surface area (Å²) in [6.45, 7) is 8.03. The first-order valence-electron chi connectivity index (χ1n) is 6.79. The first-order valence-corrected chi connectivity index (χ1v) is 6.79. The number of carbonyl (C=O) groups is 2. The van der Waals surface area contributed by atoms with Gasteiger partial charge in [0.1, 0.15) is 0 Å². The van der Waals surface area contributed by atoms with Gasteiger partial charge in [-0.05, 0) is 51.5 Å². The first-order chi connectivity index (χ1) is 9.33. The molecule has 0 aliphatic heterocycles. The number of nitrogens with zero attached hydrogens (tertiary/aromatic N) is 1. The van der Waals surface area contributed by atoms with Gasteiger partial charge in [0.05, 0.1) is 6.54 Å². The largest absolute Gasteiger partial charge is 0.399 e. The molecule has 3 N–H and O–H groups in total. The molecule has 1 aromatic carbocycles. The highest BCUT2D eigenvalue weighted by molar-refractivity contribution is 5.97. The van der Waals surface area contributed by atoms with Crippen LogP contribution in [0.25, 0.3) is 0 Å². The van der Waals surface area contributed by atoms with E-state index in [2.05, 4.69) is 5.32 Å². The molecule has 0 bridgehead atoms. The number of nitrogens with two attached hydrogens (primary N) is 1. The van der Waals surface area contributed by atoms with Crippen molar-refractivity contribution in [1.82, 2.24) is 10.2 Å². The van der Waals surface area contributed by atoms with Crippen molar-refractivity contribution < 1.29 is 9.59 Å². The highest BCUT2D eigenvalue weighted by Crippen LogP contribution is 2.13. The molecule has 0 radical (unpaired) electrons. The second-order valence-corrected chi connectivity index (χ2v) is 5.17. The molecule has 0 atom stereocenters. The number of benzene rings is 1. The summed E-state index contributed by atoms with van der Waals surface area (Å²) >= 11 is 0. The monoisotopic (exact) mass is 277 g/mol. The van der Waals surface area contributed by atoms with Crippen LogP contribution in [0.2, 0.25) is 0 Å². The van der Waals surface area contributed by atoms with Gasteiger partial charge in [-0.2, -0.15) is 0 Å². The van der Waals surface area contributed by atoms with E-state index in [9.17, 15) is 9.59 Å². The molecule has 5 nitrogen and oxygen atoms in total. The van der Waals surface area contributed by atoms with E-state index in [0.717, 1.165) is 5.56 Å². The van der Waals surface area contributed by atoms with Crippen LogP contribution in [0.1, 0.15) is 36.7 Å². The lowest BCUT2D eigenvalue weighted by Gasteiger charge is -2.21. The molecule has 5 heteroatoms. The number of anilines is 1. The maximum atomic E-state index is 12.4. The van der Waals surface area contributed by atoms with E-state index < -0.39 is 0 Å². The van der Waals surface area contributed by atoms with Gasteiger partial charge in [-0.15, -0.1) is 0 Å². The molecule has 20 heavy (non-hydrogen) atoms. The minimum absolute atomic E-state index is 0.0569. The van der Waals surface area contributed by atoms with Crippen molar-refractivity contribution in [2.24, 2.45) is 0 Å². The molecule has 110 valence electrons. The molecule has 0 aromatic heterocycles. The van der Waals surface area contributed by atoms with E-state index in [1.54, 1.807) is 18.2 Å². The zero-order valence-electron chi connectivity index (χ0n) is 12.6. The molecule has 0 aliphatic rings. The summed E-state index contributed by atoms with van der Waals surface area (Å²) < 4.78 is 0. The standard InChI is InChI=1S/C15H23N3O2/c1-5-18(9-14(19)17-10(2)3)15(20)12-6-11(4)7-13(16)8-12/h6-8,10H,5,9,16H2,1-4H3,(H,17,19). The van der Waals surface area contributed by atoms with Crippen LogP contribution in [0.3, 0.4) is 0 Å². The molecule has 0 heterocycles. The van der Waals surface area contributed by atoms with Gasteiger partial charge in [0, 0.05) is 23.8 Å². The number of amides is 2. The topological polar surface area (TPSA) is 75.4 Å². The SMILES string of the molecule is CCN(CC(=O)NC(C)C)C(=O)c1cc(C)cc(N)c1. The molecule has 2 amide bonds. The van der Waals surface area contributed by atoms with Gasteiger partial charge in [0.15, 0.2) is 0 Å². The predicted molar refractivity (Wildman–Crippen MR) is 80.4 cm³/mol. The van der Waals surface area contributed by atoms with Crippen LogP contribution in [0.5, 0.6) is 0 Å². The number of nitrogens with one attached hydrogen (secondary N) is 1. The van der Waals surface area contributed by atoms with Crippen LogP contribution in [-0.2, 0) is 4.79 Å². The molecule has 0 unspecified atom stereocenters. The zero-order chi connectivity index (χ0) is 15.3. The second kappa shape index (κ2) is 6.93. The summed E-state index contributed by atoms with van der Waals surface area (Å²) in [4.78, 5) is 25.7. The Hall–Kier alpha value is -2.04. The Morgan fingerprint density at radius 3 is 2.45 bits per heavy atom. The fraction of sp³-hybridized carbons (Fsp3) is 0.467. The van der Waals surface area contributed by atoms with Crippen molar-refractivity contribution in [2.45, 2.75) is 33.7 Å². The highest BCUT2D eigenvalue weighted by atomic mass is 16.2. The minimum Gasteiger partial charge on any atom is -0.399 e. The van der Waals surface area contributed by atoms with E-state index >= 15 is 0 Å². The lowest BCUT2D eigenvalue weighted by atomic mass is 10.1. The number of likely N-dealkylation sites (N-methyl/N-ethyl adjacent to an activating group) is 1. The molecule has 0 spiro atoms. The molecular formula is C15H23N3O2. The molecule has 1 rings (SSSR count). The summed E-state index contributed by atoms with van der Waals surface area (Å²) in [5, 5.41) is 2.78. The Labute approximate surface area is 120 Å². The molecule has 0 saturated carbocycles. The van der Waals surface area contributed by atoms with Crippen molar-refractivity contribution in [3.05, 3.63) is 29.3 Å². The molecule has 1 aromatic rings. The fourth-order valence-corrected chi connectivity index (χ4v) is 1.99. The maximum absolute atomic E-state index is 12.4. The number of aryl methyl sites for hydroxylation is 1. The Bertz CT molecular complexity index is 478. The van der Waals surface area contributed by atoms with E-state index in [1.807, 2.05) is 27.7 Å². The number of carbonyl (C=O) groups excluding carboxylic acids is 2. The van der Waals surface area contributed by atoms with Crippen molar-refractivity contribution in [2.75, 3.05) is 18.8 Å². The van der Waals surface area contributed by atoms with E-state index in [1.165, 1.54) is 4.90 Å². The second-order valence-electron chi connectivity index (χ2n) is 5.17. The third kappa shape index (κ3) is 4.57. The summed E-state index contributed by atoms with van der Waals surface area (Å²) in [5.41, 5.74) is 7.75. The Morgan fingerprint density at radius 1 is 1.30 bits per heavy atom. The van der Waals surface area contributed by atoms with E-state index in [4.69, 9.17) is 5.73 Å². The summed E-state index contributed by atoms with van der Waals surface area (Å²) in [6.07, 6.45) is 0. The highest BCUT2D eigenvalue weighted by Gasteiger charge is 2.18. The Morgan fingerprint density at radius 2 is 1.95 bits per heavy atom. The molecule has 0 aliphatic carbocycles. The van der Waals surface area contributed by atoms with Gasteiger partial charge < -0.3 is 16.0 Å². The van der Waals surface area contributed by atoms with Gasteiger partial charge in [-0.3, -0.25) is 9.59 Å². The van der Waals surface area contributed by atoms with Gasteiger partial charge >= 0.3 is 0 Å². The summed E-state index contributed by atoms with van der Waals surface area (Å²) in [6, 6.07) is 5.28. The van der Waals surface area contributed by atoms with Crippen LogP contribution >= 0.6 is 0 Å². The average Bonchev–Trinajstić information content (AvgIpc) is 2.33. The van der Waals surface area contributed by atoms with Crippen molar-refractivity contribution in [1.29, 1.82) is 0 Å². The van der Waals surface area contributed by atoms with Crippen LogP contribution in [0, 0.1) is 6.92 Å². The lowest BCUT2D eigenvalue weighted by Crippen LogP contribution is -2.42. The first kappa shape index (κ1) is 16.0. The Balaban J connectivity index is 2.83. The number of hydrogen-bond acceptors (Lipinski definition) is 3. The number of nitrogen functional groups attached to an aromatic ring is 1. The van der Waals surface area contributed by atoms with E-state index in [-0.39, 0.29) is 24.4 Å². The van der Waals surface area contributed by atoms with Crippen LogP contribution in [0.4, 0.5) is 5.69 Å². The third-order valence-electron chi connectivity index (χ3n) is 2.80. The van der Waals surface area contributed by atoms with Gasteiger partial charge in [0.2, 0.25) is 5.91 Å². The average molecular weight is 277 g/mol. The smallest absolute Gasteiger partial charge is 0.254 e. The maximum Gasteiger partial charge on any atom is 0.254 e. The number of rotatable bonds is 5. The van der Waals surface area contributed by atoms with Crippen LogP contribution in [-0.4, -0.2) is 35.8 Å². The quantitative estimate of drug-likeness (QED) is 0.802. The van der Waals surface area contributed by atoms with Crippen LogP contribution < -0.4 is 11.1 Å². The minimum atomic E-state index is -0.179. The molecule has 0 saturated heterocycles. The van der Waals surface area contributed by atoms with Gasteiger partial charge in [-0.25, -0.2) is 0 Å². The van der Waals surface area contributed by atoms with Crippen LogP contribution in [0.15, 0.2) is 18.2 Å². The predicted octanol–water partition coefficient (Wildman–Crippen LogP) is 1.56. The van der Waals surface area contributed by atoms with E-state index in [0.29, 0.717) is 17.8 Å². The third-order valence-corrected chi connectivity index (χ3v) is 2.80. The van der Waals surface area contributed by atoms with Crippen molar-refractivity contribution >= 4 is 17.5 Å². The summed E-state index contributed by atoms with van der Waals surface area (Å²) in [5.74, 6) is -0.336. The zero-order valence-corrected chi connectivity index (χ0v) is 12.6. The Kier molecular flexibility index (Phi) is 5.55. The summed E-state index contributed by atoms with van der Waals surface area (Å²) in [7, 11) is 0. The van der Waals surface area contributed by atoms with Gasteiger partial charge in [-0.1, -0.05) is 0 Å². The molecule has 0 fully saturated rings. The molecular weight excluding hydrogens is 254 g/mol.